The third kappa shape index (κ3) is 2.30. The van der Waals surface area contributed by atoms with Crippen molar-refractivity contribution in [1.82, 2.24) is 4.98 Å². The topological polar surface area (TPSA) is 103 Å². The van der Waals surface area contributed by atoms with Crippen LogP contribution in [-0.4, -0.2) is 27.6 Å². The van der Waals surface area contributed by atoms with Crippen LogP contribution in [0.15, 0.2) is 24.4 Å². The van der Waals surface area contributed by atoms with Crippen molar-refractivity contribution < 1.29 is 19.6 Å². The molecule has 2 aromatic rings. The van der Waals surface area contributed by atoms with E-state index in [-0.39, 0.29) is 17.7 Å². The van der Waals surface area contributed by atoms with Gasteiger partial charge in [0.25, 0.3) is 0 Å². The van der Waals surface area contributed by atoms with Gasteiger partial charge in [-0.2, -0.15) is 0 Å². The van der Waals surface area contributed by atoms with Crippen LogP contribution >= 0.6 is 0 Å². The highest BCUT2D eigenvalue weighted by atomic mass is 16.6. The lowest BCUT2D eigenvalue weighted by molar-refractivity contribution is -0.385. The van der Waals surface area contributed by atoms with Gasteiger partial charge in [-0.15, -0.1) is 0 Å². The average Bonchev–Trinajstić information content (AvgIpc) is 2.38. The molecule has 0 atom stereocenters. The number of benzene rings is 1. The summed E-state index contributed by atoms with van der Waals surface area (Å²) in [6.07, 6.45) is 1.21. The first-order chi connectivity index (χ1) is 9.04. The number of aromatic nitrogens is 1. The number of ether oxygens (including phenoxy) is 1. The molecular weight excluding hydrogens is 252 g/mol. The Bertz CT molecular complexity index is 668. The SMILES string of the molecule is CCOC(=O)c1cnc2c(O)c([N+](=O)[O-])ccc2c1. The number of pyridine rings is 1. The highest BCUT2D eigenvalue weighted by molar-refractivity contribution is 5.96. The summed E-state index contributed by atoms with van der Waals surface area (Å²) < 4.78 is 4.82. The second-order valence-electron chi connectivity index (χ2n) is 3.71. The number of fused-ring (bicyclic) bond motifs is 1. The van der Waals surface area contributed by atoms with E-state index >= 15 is 0 Å². The summed E-state index contributed by atoms with van der Waals surface area (Å²) in [7, 11) is 0. The molecule has 98 valence electrons. The molecule has 0 amide bonds. The molecule has 0 aliphatic heterocycles. The lowest BCUT2D eigenvalue weighted by Gasteiger charge is -2.04. The van der Waals surface area contributed by atoms with Gasteiger partial charge in [-0.3, -0.25) is 15.1 Å². The Morgan fingerprint density at radius 3 is 2.89 bits per heavy atom. The summed E-state index contributed by atoms with van der Waals surface area (Å²) in [5, 5.41) is 20.8. The number of carbonyl (C=O) groups excluding carboxylic acids is 1. The van der Waals surface area contributed by atoms with Crippen LogP contribution in [0.3, 0.4) is 0 Å². The summed E-state index contributed by atoms with van der Waals surface area (Å²) in [6, 6.07) is 4.04. The van der Waals surface area contributed by atoms with Crippen LogP contribution < -0.4 is 0 Å². The highest BCUT2D eigenvalue weighted by Crippen LogP contribution is 2.32. The first-order valence-corrected chi connectivity index (χ1v) is 5.47. The number of nitro benzene ring substituents is 1. The van der Waals surface area contributed by atoms with E-state index in [9.17, 15) is 20.0 Å². The summed E-state index contributed by atoms with van der Waals surface area (Å²) in [5.41, 5.74) is -0.131. The van der Waals surface area contributed by atoms with Crippen molar-refractivity contribution in [3.8, 4) is 5.75 Å². The molecule has 0 fully saturated rings. The molecule has 0 radical (unpaired) electrons. The summed E-state index contributed by atoms with van der Waals surface area (Å²) in [6.45, 7) is 1.92. The molecule has 1 N–H and O–H groups in total. The summed E-state index contributed by atoms with van der Waals surface area (Å²) in [5.74, 6) is -1.05. The molecule has 2 rings (SSSR count). The number of hydrogen-bond donors (Lipinski definition) is 1. The van der Waals surface area contributed by atoms with Crippen LogP contribution in [0.5, 0.6) is 5.75 Å². The number of nitro groups is 1. The molecule has 1 aromatic heterocycles. The van der Waals surface area contributed by atoms with E-state index < -0.39 is 22.3 Å². The van der Waals surface area contributed by atoms with Crippen molar-refractivity contribution >= 4 is 22.6 Å². The molecule has 0 aliphatic rings. The van der Waals surface area contributed by atoms with E-state index in [0.717, 1.165) is 6.07 Å². The molecule has 19 heavy (non-hydrogen) atoms. The number of hydrogen-bond acceptors (Lipinski definition) is 6. The van der Waals surface area contributed by atoms with Crippen molar-refractivity contribution in [2.75, 3.05) is 6.61 Å². The zero-order valence-electron chi connectivity index (χ0n) is 9.99. The molecule has 0 saturated carbocycles. The van der Waals surface area contributed by atoms with Crippen LogP contribution in [-0.2, 0) is 4.74 Å². The van der Waals surface area contributed by atoms with E-state index in [1.165, 1.54) is 18.3 Å². The number of aromatic hydroxyl groups is 1. The second-order valence-corrected chi connectivity index (χ2v) is 3.71. The number of phenolic OH excluding ortho intramolecular Hbond substituents is 1. The van der Waals surface area contributed by atoms with Gasteiger partial charge < -0.3 is 9.84 Å². The van der Waals surface area contributed by atoms with Gasteiger partial charge in [-0.25, -0.2) is 4.79 Å². The Morgan fingerprint density at radius 1 is 1.53 bits per heavy atom. The molecule has 1 heterocycles. The van der Waals surface area contributed by atoms with Crippen molar-refractivity contribution in [1.29, 1.82) is 0 Å². The molecule has 0 unspecified atom stereocenters. The van der Waals surface area contributed by atoms with Crippen LogP contribution in [0.4, 0.5) is 5.69 Å². The van der Waals surface area contributed by atoms with Gasteiger partial charge in [0.15, 0.2) is 0 Å². The maximum Gasteiger partial charge on any atom is 0.339 e. The smallest absolute Gasteiger partial charge is 0.339 e. The van der Waals surface area contributed by atoms with E-state index in [2.05, 4.69) is 4.98 Å². The zero-order valence-corrected chi connectivity index (χ0v) is 9.99. The third-order valence-corrected chi connectivity index (χ3v) is 2.51. The minimum absolute atomic E-state index is 0.0715. The van der Waals surface area contributed by atoms with Crippen LogP contribution in [0.2, 0.25) is 0 Å². The standard InChI is InChI=1S/C12H10N2O5/c1-2-19-12(16)8-5-7-3-4-9(14(17)18)11(15)10(7)13-6-8/h3-6,15H,2H2,1H3. The fourth-order valence-electron chi connectivity index (χ4n) is 1.65. The lowest BCUT2D eigenvalue weighted by atomic mass is 10.1. The molecule has 7 nitrogen and oxygen atoms in total. The Labute approximate surface area is 107 Å². The maximum atomic E-state index is 11.5. The monoisotopic (exact) mass is 262 g/mol. The van der Waals surface area contributed by atoms with Crippen molar-refractivity contribution in [3.63, 3.8) is 0 Å². The first-order valence-electron chi connectivity index (χ1n) is 5.47. The predicted molar refractivity (Wildman–Crippen MR) is 66.0 cm³/mol. The van der Waals surface area contributed by atoms with Gasteiger partial charge in [-0.1, -0.05) is 0 Å². The molecular formula is C12H10N2O5. The molecule has 0 saturated heterocycles. The number of phenols is 1. The minimum atomic E-state index is -0.699. The Morgan fingerprint density at radius 2 is 2.26 bits per heavy atom. The maximum absolute atomic E-state index is 11.5. The van der Waals surface area contributed by atoms with Crippen molar-refractivity contribution in [2.24, 2.45) is 0 Å². The van der Waals surface area contributed by atoms with E-state index in [1.807, 2.05) is 0 Å². The second kappa shape index (κ2) is 4.89. The van der Waals surface area contributed by atoms with Crippen molar-refractivity contribution in [2.45, 2.75) is 6.92 Å². The number of carbonyl (C=O) groups is 1. The fourth-order valence-corrected chi connectivity index (χ4v) is 1.65. The highest BCUT2D eigenvalue weighted by Gasteiger charge is 2.18. The Hall–Kier alpha value is -2.70. The number of nitrogens with zero attached hydrogens (tertiary/aromatic N) is 2. The predicted octanol–water partition coefficient (Wildman–Crippen LogP) is 2.03. The van der Waals surface area contributed by atoms with Gasteiger partial charge in [0, 0.05) is 17.6 Å². The van der Waals surface area contributed by atoms with E-state index in [1.54, 1.807) is 6.92 Å². The molecule has 0 bridgehead atoms. The molecule has 7 heteroatoms. The van der Waals surface area contributed by atoms with E-state index in [0.29, 0.717) is 5.39 Å². The fraction of sp³-hybridized carbons (Fsp3) is 0.167. The molecule has 0 spiro atoms. The Balaban J connectivity index is 2.54. The normalized spacial score (nSPS) is 10.4. The van der Waals surface area contributed by atoms with Gasteiger partial charge in [0.2, 0.25) is 5.75 Å². The first kappa shape index (κ1) is 12.7. The van der Waals surface area contributed by atoms with Crippen LogP contribution in [0.25, 0.3) is 10.9 Å². The lowest BCUT2D eigenvalue weighted by Crippen LogP contribution is -2.05. The van der Waals surface area contributed by atoms with Crippen LogP contribution in [0.1, 0.15) is 17.3 Å². The minimum Gasteiger partial charge on any atom is -0.501 e. The third-order valence-electron chi connectivity index (χ3n) is 2.51. The molecule has 1 aromatic carbocycles. The average molecular weight is 262 g/mol. The quantitative estimate of drug-likeness (QED) is 0.515. The summed E-state index contributed by atoms with van der Waals surface area (Å²) >= 11 is 0. The number of esters is 1. The van der Waals surface area contributed by atoms with E-state index in [4.69, 9.17) is 4.74 Å². The summed E-state index contributed by atoms with van der Waals surface area (Å²) in [4.78, 5) is 25.4. The largest absolute Gasteiger partial charge is 0.501 e. The van der Waals surface area contributed by atoms with Gasteiger partial charge in [0.1, 0.15) is 5.52 Å². The van der Waals surface area contributed by atoms with Crippen LogP contribution in [0, 0.1) is 10.1 Å². The van der Waals surface area contributed by atoms with Gasteiger partial charge in [-0.05, 0) is 19.1 Å². The zero-order chi connectivity index (χ0) is 14.0. The molecule has 0 aliphatic carbocycles. The number of rotatable bonds is 3. The van der Waals surface area contributed by atoms with Gasteiger partial charge >= 0.3 is 11.7 Å². The Kier molecular flexibility index (Phi) is 3.28. The van der Waals surface area contributed by atoms with Gasteiger partial charge in [0.05, 0.1) is 17.1 Å². The van der Waals surface area contributed by atoms with Crippen molar-refractivity contribution in [3.05, 3.63) is 40.1 Å².